The molecule has 0 aliphatic carbocycles. The SMILES string of the molecule is CC(c1ccccc1)N1CCC(N)(C#N)C1. The summed E-state index contributed by atoms with van der Waals surface area (Å²) in [5.41, 5.74) is 6.59. The van der Waals surface area contributed by atoms with Crippen LogP contribution in [0.3, 0.4) is 0 Å². The molecule has 1 aromatic carbocycles. The average molecular weight is 215 g/mol. The van der Waals surface area contributed by atoms with Crippen LogP contribution in [-0.4, -0.2) is 23.5 Å². The predicted molar refractivity (Wildman–Crippen MR) is 63.6 cm³/mol. The van der Waals surface area contributed by atoms with E-state index in [2.05, 4.69) is 30.0 Å². The van der Waals surface area contributed by atoms with Gasteiger partial charge in [-0.2, -0.15) is 5.26 Å². The maximum absolute atomic E-state index is 8.99. The minimum atomic E-state index is -0.650. The van der Waals surface area contributed by atoms with Gasteiger partial charge in [-0.1, -0.05) is 30.3 Å². The van der Waals surface area contributed by atoms with Gasteiger partial charge in [-0.25, -0.2) is 0 Å². The number of likely N-dealkylation sites (tertiary alicyclic amines) is 1. The number of hydrogen-bond donors (Lipinski definition) is 1. The Labute approximate surface area is 96.5 Å². The van der Waals surface area contributed by atoms with E-state index in [-0.39, 0.29) is 0 Å². The molecule has 0 amide bonds. The summed E-state index contributed by atoms with van der Waals surface area (Å²) in [7, 11) is 0. The zero-order valence-corrected chi connectivity index (χ0v) is 9.56. The third-order valence-corrected chi connectivity index (χ3v) is 3.38. The zero-order valence-electron chi connectivity index (χ0n) is 9.56. The normalized spacial score (nSPS) is 27.6. The highest BCUT2D eigenvalue weighted by atomic mass is 15.2. The molecule has 1 heterocycles. The lowest BCUT2D eigenvalue weighted by Gasteiger charge is -2.25. The van der Waals surface area contributed by atoms with Crippen molar-refractivity contribution in [1.29, 1.82) is 5.26 Å². The van der Waals surface area contributed by atoms with Gasteiger partial charge in [0.15, 0.2) is 0 Å². The lowest BCUT2D eigenvalue weighted by molar-refractivity contribution is 0.254. The molecule has 1 aliphatic heterocycles. The van der Waals surface area contributed by atoms with Gasteiger partial charge in [-0.15, -0.1) is 0 Å². The molecule has 0 spiro atoms. The fourth-order valence-electron chi connectivity index (χ4n) is 2.23. The molecule has 2 atom stereocenters. The van der Waals surface area contributed by atoms with Crippen molar-refractivity contribution in [3.8, 4) is 6.07 Å². The van der Waals surface area contributed by atoms with Crippen LogP contribution in [0.4, 0.5) is 0 Å². The molecule has 2 rings (SSSR count). The second kappa shape index (κ2) is 4.25. The molecule has 2 unspecified atom stereocenters. The summed E-state index contributed by atoms with van der Waals surface area (Å²) in [6, 6.07) is 12.9. The van der Waals surface area contributed by atoms with E-state index in [1.54, 1.807) is 0 Å². The highest BCUT2D eigenvalue weighted by molar-refractivity contribution is 5.20. The first-order valence-corrected chi connectivity index (χ1v) is 5.64. The average Bonchev–Trinajstić information content (AvgIpc) is 2.73. The Bertz CT molecular complexity index is 395. The monoisotopic (exact) mass is 215 g/mol. The summed E-state index contributed by atoms with van der Waals surface area (Å²) >= 11 is 0. The highest BCUT2D eigenvalue weighted by Gasteiger charge is 2.36. The summed E-state index contributed by atoms with van der Waals surface area (Å²) in [5, 5.41) is 8.99. The second-order valence-electron chi connectivity index (χ2n) is 4.58. The third-order valence-electron chi connectivity index (χ3n) is 3.38. The quantitative estimate of drug-likeness (QED) is 0.816. The summed E-state index contributed by atoms with van der Waals surface area (Å²) < 4.78 is 0. The minimum Gasteiger partial charge on any atom is -0.312 e. The lowest BCUT2D eigenvalue weighted by atomic mass is 10.0. The van der Waals surface area contributed by atoms with E-state index >= 15 is 0 Å². The van der Waals surface area contributed by atoms with Crippen LogP contribution < -0.4 is 5.73 Å². The van der Waals surface area contributed by atoms with Crippen molar-refractivity contribution in [2.45, 2.75) is 24.9 Å². The number of hydrogen-bond acceptors (Lipinski definition) is 3. The molecule has 1 aliphatic rings. The van der Waals surface area contributed by atoms with Crippen molar-refractivity contribution in [1.82, 2.24) is 4.90 Å². The summed E-state index contributed by atoms with van der Waals surface area (Å²) in [6.07, 6.45) is 0.765. The molecule has 0 radical (unpaired) electrons. The maximum atomic E-state index is 8.99. The van der Waals surface area contributed by atoms with E-state index in [1.807, 2.05) is 18.2 Å². The van der Waals surface area contributed by atoms with Gasteiger partial charge in [0.05, 0.1) is 6.07 Å². The molecule has 3 nitrogen and oxygen atoms in total. The fraction of sp³-hybridized carbons (Fsp3) is 0.462. The van der Waals surface area contributed by atoms with Crippen molar-refractivity contribution < 1.29 is 0 Å². The van der Waals surface area contributed by atoms with Gasteiger partial charge in [0.2, 0.25) is 0 Å². The molecule has 3 heteroatoms. The summed E-state index contributed by atoms with van der Waals surface area (Å²) in [6.45, 7) is 3.73. The first-order valence-electron chi connectivity index (χ1n) is 5.64. The van der Waals surface area contributed by atoms with E-state index < -0.39 is 5.54 Å². The smallest absolute Gasteiger partial charge is 0.118 e. The molecular formula is C13H17N3. The van der Waals surface area contributed by atoms with Gasteiger partial charge in [0, 0.05) is 19.1 Å². The van der Waals surface area contributed by atoms with Crippen LogP contribution >= 0.6 is 0 Å². The fourth-order valence-corrected chi connectivity index (χ4v) is 2.23. The molecule has 0 bridgehead atoms. The van der Waals surface area contributed by atoms with Crippen LogP contribution in [-0.2, 0) is 0 Å². The molecule has 0 aromatic heterocycles. The van der Waals surface area contributed by atoms with E-state index in [1.165, 1.54) is 5.56 Å². The number of nitrogens with two attached hydrogens (primary N) is 1. The van der Waals surface area contributed by atoms with Crippen LogP contribution in [0.25, 0.3) is 0 Å². The third kappa shape index (κ3) is 2.08. The van der Waals surface area contributed by atoms with Gasteiger partial charge in [-0.3, -0.25) is 4.90 Å². The van der Waals surface area contributed by atoms with E-state index in [0.717, 1.165) is 13.0 Å². The van der Waals surface area contributed by atoms with Crippen LogP contribution in [0.15, 0.2) is 30.3 Å². The van der Waals surface area contributed by atoms with Gasteiger partial charge in [0.25, 0.3) is 0 Å². The summed E-state index contributed by atoms with van der Waals surface area (Å²) in [5.74, 6) is 0. The first kappa shape index (κ1) is 11.1. The molecular weight excluding hydrogens is 198 g/mol. The zero-order chi connectivity index (χ0) is 11.6. The number of rotatable bonds is 2. The van der Waals surface area contributed by atoms with E-state index in [4.69, 9.17) is 11.0 Å². The van der Waals surface area contributed by atoms with Crippen LogP contribution in [0.1, 0.15) is 24.9 Å². The molecule has 84 valence electrons. The van der Waals surface area contributed by atoms with Crippen molar-refractivity contribution in [3.05, 3.63) is 35.9 Å². The minimum absolute atomic E-state index is 0.333. The van der Waals surface area contributed by atoms with Gasteiger partial charge < -0.3 is 5.73 Å². The van der Waals surface area contributed by atoms with Crippen molar-refractivity contribution >= 4 is 0 Å². The first-order chi connectivity index (χ1) is 7.64. The molecule has 1 fully saturated rings. The molecule has 16 heavy (non-hydrogen) atoms. The molecule has 1 saturated heterocycles. The van der Waals surface area contributed by atoms with Crippen molar-refractivity contribution in [3.63, 3.8) is 0 Å². The Morgan fingerprint density at radius 2 is 2.12 bits per heavy atom. The van der Waals surface area contributed by atoms with Crippen molar-refractivity contribution in [2.24, 2.45) is 5.73 Å². The Morgan fingerprint density at radius 1 is 1.44 bits per heavy atom. The van der Waals surface area contributed by atoms with Gasteiger partial charge >= 0.3 is 0 Å². The number of nitriles is 1. The van der Waals surface area contributed by atoms with Crippen molar-refractivity contribution in [2.75, 3.05) is 13.1 Å². The van der Waals surface area contributed by atoms with Crippen LogP contribution in [0, 0.1) is 11.3 Å². The maximum Gasteiger partial charge on any atom is 0.118 e. The Balaban J connectivity index is 2.09. The van der Waals surface area contributed by atoms with Crippen LogP contribution in [0.5, 0.6) is 0 Å². The predicted octanol–water partition coefficient (Wildman–Crippen LogP) is 1.67. The van der Waals surface area contributed by atoms with Crippen LogP contribution in [0.2, 0.25) is 0 Å². The Kier molecular flexibility index (Phi) is 2.95. The summed E-state index contributed by atoms with van der Waals surface area (Å²) in [4.78, 5) is 2.28. The number of nitrogens with zero attached hydrogens (tertiary/aromatic N) is 2. The molecule has 1 aromatic rings. The Hall–Kier alpha value is -1.37. The number of benzene rings is 1. The van der Waals surface area contributed by atoms with E-state index in [0.29, 0.717) is 12.6 Å². The lowest BCUT2D eigenvalue weighted by Crippen LogP contribution is -2.41. The Morgan fingerprint density at radius 3 is 2.69 bits per heavy atom. The largest absolute Gasteiger partial charge is 0.312 e. The molecule has 2 N–H and O–H groups in total. The topological polar surface area (TPSA) is 53.0 Å². The second-order valence-corrected chi connectivity index (χ2v) is 4.58. The highest BCUT2D eigenvalue weighted by Crippen LogP contribution is 2.27. The standard InChI is InChI=1S/C13H17N3/c1-11(12-5-3-2-4-6-12)16-8-7-13(15,9-14)10-16/h2-6,11H,7-8,10,15H2,1H3. The molecule has 0 saturated carbocycles. The van der Waals surface area contributed by atoms with Gasteiger partial charge in [-0.05, 0) is 18.9 Å². The van der Waals surface area contributed by atoms with E-state index in [9.17, 15) is 0 Å². The van der Waals surface area contributed by atoms with Gasteiger partial charge in [0.1, 0.15) is 5.54 Å².